The monoisotopic (exact) mass is 318 g/mol. The van der Waals surface area contributed by atoms with Crippen LogP contribution in [-0.2, 0) is 0 Å². The predicted molar refractivity (Wildman–Crippen MR) is 93.5 cm³/mol. The van der Waals surface area contributed by atoms with E-state index in [0.717, 1.165) is 50.0 Å². The molecule has 126 valence electrons. The molecule has 0 amide bonds. The lowest BCUT2D eigenvalue weighted by atomic mass is 10.0. The van der Waals surface area contributed by atoms with E-state index in [-0.39, 0.29) is 5.82 Å². The standard InChI is InChI=1S/C18H27FN4/c1-20-18(21-10-9-14-7-8-14)22-16-5-3-11-23(13-16)17-6-2-4-15(19)12-17/h2,4,6,12,14,16H,3,5,7-11,13H2,1H3,(H2,20,21,22). The normalized spacial score (nSPS) is 22.1. The zero-order valence-electron chi connectivity index (χ0n) is 13.9. The van der Waals surface area contributed by atoms with Crippen molar-refractivity contribution >= 4 is 11.6 Å². The highest BCUT2D eigenvalue weighted by molar-refractivity contribution is 5.80. The Morgan fingerprint density at radius 2 is 2.22 bits per heavy atom. The largest absolute Gasteiger partial charge is 0.369 e. The van der Waals surface area contributed by atoms with Gasteiger partial charge in [0.25, 0.3) is 0 Å². The van der Waals surface area contributed by atoms with Gasteiger partial charge >= 0.3 is 0 Å². The summed E-state index contributed by atoms with van der Waals surface area (Å²) in [7, 11) is 1.82. The highest BCUT2D eigenvalue weighted by Crippen LogP contribution is 2.31. The number of anilines is 1. The second-order valence-electron chi connectivity index (χ2n) is 6.64. The van der Waals surface area contributed by atoms with E-state index in [4.69, 9.17) is 0 Å². The third kappa shape index (κ3) is 4.85. The number of rotatable bonds is 5. The maximum atomic E-state index is 13.4. The Kier molecular flexibility index (Phi) is 5.36. The van der Waals surface area contributed by atoms with E-state index in [1.54, 1.807) is 12.1 Å². The molecule has 0 radical (unpaired) electrons. The highest BCUT2D eigenvalue weighted by Gasteiger charge is 2.22. The Morgan fingerprint density at radius 1 is 1.35 bits per heavy atom. The van der Waals surface area contributed by atoms with Gasteiger partial charge in [-0.25, -0.2) is 4.39 Å². The predicted octanol–water partition coefficient (Wildman–Crippen LogP) is 2.76. The molecule has 1 aromatic carbocycles. The first-order valence-corrected chi connectivity index (χ1v) is 8.72. The zero-order valence-corrected chi connectivity index (χ0v) is 13.9. The molecule has 3 rings (SSSR count). The molecule has 2 fully saturated rings. The van der Waals surface area contributed by atoms with Crippen LogP contribution in [0.3, 0.4) is 0 Å². The Morgan fingerprint density at radius 3 is 2.96 bits per heavy atom. The molecule has 1 saturated heterocycles. The topological polar surface area (TPSA) is 39.7 Å². The van der Waals surface area contributed by atoms with Crippen molar-refractivity contribution in [2.75, 3.05) is 31.6 Å². The lowest BCUT2D eigenvalue weighted by Crippen LogP contribution is -2.51. The van der Waals surface area contributed by atoms with Gasteiger partial charge in [-0.05, 0) is 43.4 Å². The average Bonchev–Trinajstić information content (AvgIpc) is 3.38. The van der Waals surface area contributed by atoms with Gasteiger partial charge in [0.05, 0.1) is 0 Å². The molecule has 2 aliphatic rings. The summed E-state index contributed by atoms with van der Waals surface area (Å²) in [5.41, 5.74) is 0.966. The summed E-state index contributed by atoms with van der Waals surface area (Å²) < 4.78 is 13.4. The van der Waals surface area contributed by atoms with Crippen LogP contribution in [0.1, 0.15) is 32.1 Å². The molecule has 2 N–H and O–H groups in total. The number of aliphatic imine (C=N–C) groups is 1. The summed E-state index contributed by atoms with van der Waals surface area (Å²) >= 11 is 0. The number of nitrogens with one attached hydrogen (secondary N) is 2. The number of halogens is 1. The van der Waals surface area contributed by atoms with Crippen LogP contribution in [0, 0.1) is 11.7 Å². The molecule has 1 saturated carbocycles. The maximum absolute atomic E-state index is 13.4. The quantitative estimate of drug-likeness (QED) is 0.648. The summed E-state index contributed by atoms with van der Waals surface area (Å²) in [6.07, 6.45) is 6.24. The van der Waals surface area contributed by atoms with E-state index < -0.39 is 0 Å². The minimum Gasteiger partial charge on any atom is -0.369 e. The van der Waals surface area contributed by atoms with Gasteiger partial charge in [-0.2, -0.15) is 0 Å². The van der Waals surface area contributed by atoms with Crippen molar-refractivity contribution in [3.05, 3.63) is 30.1 Å². The minimum absolute atomic E-state index is 0.171. The molecule has 0 bridgehead atoms. The zero-order chi connectivity index (χ0) is 16.1. The van der Waals surface area contributed by atoms with Crippen LogP contribution < -0.4 is 15.5 Å². The van der Waals surface area contributed by atoms with Crippen LogP contribution in [-0.4, -0.2) is 38.7 Å². The molecule has 1 aromatic rings. The Labute approximate surface area is 138 Å². The van der Waals surface area contributed by atoms with Crippen molar-refractivity contribution < 1.29 is 4.39 Å². The highest BCUT2D eigenvalue weighted by atomic mass is 19.1. The fourth-order valence-corrected chi connectivity index (χ4v) is 3.19. The van der Waals surface area contributed by atoms with Crippen molar-refractivity contribution in [2.24, 2.45) is 10.9 Å². The molecule has 0 aromatic heterocycles. The first kappa shape index (κ1) is 16.1. The van der Waals surface area contributed by atoms with Crippen molar-refractivity contribution in [3.8, 4) is 0 Å². The van der Waals surface area contributed by atoms with Gasteiger partial charge in [0.15, 0.2) is 5.96 Å². The second kappa shape index (κ2) is 7.66. The molecule has 1 aliphatic carbocycles. The lowest BCUT2D eigenvalue weighted by molar-refractivity contribution is 0.467. The lowest BCUT2D eigenvalue weighted by Gasteiger charge is -2.35. The van der Waals surface area contributed by atoms with Crippen LogP contribution in [0.5, 0.6) is 0 Å². The van der Waals surface area contributed by atoms with Gasteiger partial charge in [0, 0.05) is 38.4 Å². The van der Waals surface area contributed by atoms with E-state index in [2.05, 4.69) is 20.5 Å². The van der Waals surface area contributed by atoms with Crippen molar-refractivity contribution in [1.82, 2.24) is 10.6 Å². The second-order valence-corrected chi connectivity index (χ2v) is 6.64. The van der Waals surface area contributed by atoms with E-state index in [0.29, 0.717) is 6.04 Å². The molecule has 23 heavy (non-hydrogen) atoms. The first-order valence-electron chi connectivity index (χ1n) is 8.72. The number of nitrogens with zero attached hydrogens (tertiary/aromatic N) is 2. The Balaban J connectivity index is 1.50. The van der Waals surface area contributed by atoms with Gasteiger partial charge in [0.1, 0.15) is 5.82 Å². The summed E-state index contributed by atoms with van der Waals surface area (Å²) in [4.78, 5) is 6.58. The SMILES string of the molecule is CN=C(NCCC1CC1)NC1CCCN(c2cccc(F)c2)C1. The van der Waals surface area contributed by atoms with E-state index in [1.165, 1.54) is 25.3 Å². The van der Waals surface area contributed by atoms with Gasteiger partial charge < -0.3 is 15.5 Å². The van der Waals surface area contributed by atoms with Gasteiger partial charge in [-0.3, -0.25) is 4.99 Å². The van der Waals surface area contributed by atoms with Crippen LogP contribution in [0.15, 0.2) is 29.3 Å². The summed E-state index contributed by atoms with van der Waals surface area (Å²) in [6, 6.07) is 7.22. The number of guanidine groups is 1. The average molecular weight is 318 g/mol. The molecular formula is C18H27FN4. The Bertz CT molecular complexity index is 542. The third-order valence-electron chi connectivity index (χ3n) is 4.70. The minimum atomic E-state index is -0.171. The molecule has 4 nitrogen and oxygen atoms in total. The number of hydrogen-bond acceptors (Lipinski definition) is 2. The fourth-order valence-electron chi connectivity index (χ4n) is 3.19. The molecular weight excluding hydrogens is 291 g/mol. The molecule has 1 atom stereocenters. The van der Waals surface area contributed by atoms with Crippen molar-refractivity contribution in [2.45, 2.75) is 38.1 Å². The van der Waals surface area contributed by atoms with Crippen LogP contribution in [0.25, 0.3) is 0 Å². The third-order valence-corrected chi connectivity index (χ3v) is 4.70. The maximum Gasteiger partial charge on any atom is 0.191 e. The smallest absolute Gasteiger partial charge is 0.191 e. The molecule has 1 heterocycles. The van der Waals surface area contributed by atoms with Gasteiger partial charge in [-0.1, -0.05) is 18.9 Å². The number of piperidine rings is 1. The van der Waals surface area contributed by atoms with E-state index in [1.807, 2.05) is 13.1 Å². The van der Waals surface area contributed by atoms with E-state index in [9.17, 15) is 4.39 Å². The van der Waals surface area contributed by atoms with Crippen LogP contribution in [0.4, 0.5) is 10.1 Å². The van der Waals surface area contributed by atoms with E-state index >= 15 is 0 Å². The summed E-state index contributed by atoms with van der Waals surface area (Å²) in [5.74, 6) is 1.64. The molecule has 0 spiro atoms. The van der Waals surface area contributed by atoms with Crippen LogP contribution in [0.2, 0.25) is 0 Å². The summed E-state index contributed by atoms with van der Waals surface area (Å²) in [6.45, 7) is 2.85. The van der Waals surface area contributed by atoms with Crippen molar-refractivity contribution in [1.29, 1.82) is 0 Å². The number of hydrogen-bond donors (Lipinski definition) is 2. The summed E-state index contributed by atoms with van der Waals surface area (Å²) in [5, 5.41) is 6.93. The van der Waals surface area contributed by atoms with Crippen molar-refractivity contribution in [3.63, 3.8) is 0 Å². The number of benzene rings is 1. The molecule has 1 aliphatic heterocycles. The van der Waals surface area contributed by atoms with Gasteiger partial charge in [0.2, 0.25) is 0 Å². The fraction of sp³-hybridized carbons (Fsp3) is 0.611. The van der Waals surface area contributed by atoms with Crippen LogP contribution >= 0.6 is 0 Å². The molecule has 1 unspecified atom stereocenters. The Hall–Kier alpha value is -1.78. The first-order chi connectivity index (χ1) is 11.2. The van der Waals surface area contributed by atoms with Gasteiger partial charge in [-0.15, -0.1) is 0 Å². The molecule has 5 heteroatoms.